The van der Waals surface area contributed by atoms with E-state index in [1.54, 1.807) is 0 Å². The van der Waals surface area contributed by atoms with Crippen LogP contribution < -0.4 is 11.1 Å². The fourth-order valence-corrected chi connectivity index (χ4v) is 2.28. The van der Waals surface area contributed by atoms with Gasteiger partial charge in [-0.1, -0.05) is 20.8 Å². The minimum Gasteiger partial charge on any atom is -0.330 e. The second-order valence-electron chi connectivity index (χ2n) is 4.73. The quantitative estimate of drug-likeness (QED) is 0.876. The molecule has 1 aromatic rings. The Morgan fingerprint density at radius 2 is 2.06 bits per heavy atom. The molecule has 0 aliphatic rings. The number of aryl methyl sites for hydroxylation is 1. The molecule has 1 unspecified atom stereocenters. The number of aromatic nitrogens is 1. The van der Waals surface area contributed by atoms with Crippen LogP contribution in [0.5, 0.6) is 0 Å². The molecule has 18 heavy (non-hydrogen) atoms. The van der Waals surface area contributed by atoms with Crippen LogP contribution in [-0.4, -0.2) is 17.4 Å². The van der Waals surface area contributed by atoms with E-state index in [4.69, 9.17) is 5.73 Å². The predicted octanol–water partition coefficient (Wildman–Crippen LogP) is 2.61. The Morgan fingerprint density at radius 3 is 2.56 bits per heavy atom. The van der Waals surface area contributed by atoms with Gasteiger partial charge in [0.05, 0.1) is 10.7 Å². The van der Waals surface area contributed by atoms with Crippen molar-refractivity contribution in [3.05, 3.63) is 10.7 Å². The van der Waals surface area contributed by atoms with Gasteiger partial charge in [0.25, 0.3) is 0 Å². The average molecular weight is 292 g/mol. The molecule has 0 saturated heterocycles. The largest absolute Gasteiger partial charge is 0.330 e. The molecule has 0 aliphatic carbocycles. The van der Waals surface area contributed by atoms with E-state index in [0.29, 0.717) is 12.5 Å². The van der Waals surface area contributed by atoms with Crippen molar-refractivity contribution in [1.29, 1.82) is 0 Å². The lowest BCUT2D eigenvalue weighted by Crippen LogP contribution is -2.26. The zero-order valence-corrected chi connectivity index (χ0v) is 13.0. The van der Waals surface area contributed by atoms with Gasteiger partial charge < -0.3 is 11.1 Å². The summed E-state index contributed by atoms with van der Waals surface area (Å²) in [5.74, 6) is 0.338. The van der Waals surface area contributed by atoms with Crippen LogP contribution >= 0.6 is 23.7 Å². The molecule has 4 nitrogen and oxygen atoms in total. The summed E-state index contributed by atoms with van der Waals surface area (Å²) in [7, 11) is 0. The van der Waals surface area contributed by atoms with E-state index in [-0.39, 0.29) is 24.2 Å². The molecule has 1 amide bonds. The highest BCUT2D eigenvalue weighted by Gasteiger charge is 2.16. The van der Waals surface area contributed by atoms with Crippen molar-refractivity contribution >= 4 is 34.7 Å². The van der Waals surface area contributed by atoms with E-state index >= 15 is 0 Å². The number of nitrogens with zero attached hydrogens (tertiary/aromatic N) is 1. The Kier molecular flexibility index (Phi) is 7.43. The molecule has 104 valence electrons. The molecular weight excluding hydrogens is 270 g/mol. The monoisotopic (exact) mass is 291 g/mol. The third-order valence-corrected chi connectivity index (χ3v) is 3.37. The Morgan fingerprint density at radius 1 is 1.44 bits per heavy atom. The molecular formula is C12H22ClN3OS. The second kappa shape index (κ2) is 7.71. The normalized spacial score (nSPS) is 12.1. The van der Waals surface area contributed by atoms with Crippen LogP contribution in [0.2, 0.25) is 0 Å². The molecule has 1 aromatic heterocycles. The first-order chi connectivity index (χ1) is 7.93. The summed E-state index contributed by atoms with van der Waals surface area (Å²) in [6.45, 7) is 8.43. The van der Waals surface area contributed by atoms with E-state index in [2.05, 4.69) is 24.1 Å². The van der Waals surface area contributed by atoms with E-state index in [0.717, 1.165) is 22.1 Å². The van der Waals surface area contributed by atoms with Crippen LogP contribution in [0.3, 0.4) is 0 Å². The van der Waals surface area contributed by atoms with Crippen molar-refractivity contribution in [3.8, 4) is 0 Å². The van der Waals surface area contributed by atoms with Gasteiger partial charge in [-0.2, -0.15) is 0 Å². The second-order valence-corrected chi connectivity index (χ2v) is 5.94. The lowest BCUT2D eigenvalue weighted by molar-refractivity contribution is -0.119. The maximum Gasteiger partial charge on any atom is 0.229 e. The van der Waals surface area contributed by atoms with Crippen molar-refractivity contribution in [3.63, 3.8) is 0 Å². The molecule has 0 radical (unpaired) electrons. The van der Waals surface area contributed by atoms with Crippen molar-refractivity contribution in [2.75, 3.05) is 11.9 Å². The van der Waals surface area contributed by atoms with Gasteiger partial charge in [-0.15, -0.1) is 23.7 Å². The van der Waals surface area contributed by atoms with E-state index in [1.807, 2.05) is 13.8 Å². The number of hydrogen-bond donors (Lipinski definition) is 2. The van der Waals surface area contributed by atoms with Gasteiger partial charge >= 0.3 is 0 Å². The molecule has 0 aromatic carbocycles. The van der Waals surface area contributed by atoms with Gasteiger partial charge in [0, 0.05) is 12.5 Å². The average Bonchev–Trinajstić information content (AvgIpc) is 2.56. The number of amides is 1. The number of thiazole rings is 1. The van der Waals surface area contributed by atoms with E-state index in [1.165, 1.54) is 11.3 Å². The maximum atomic E-state index is 11.8. The summed E-state index contributed by atoms with van der Waals surface area (Å²) in [5.41, 5.74) is 6.46. The zero-order chi connectivity index (χ0) is 13.0. The first kappa shape index (κ1) is 17.4. The Balaban J connectivity index is 0.00000289. The van der Waals surface area contributed by atoms with Gasteiger partial charge in [-0.25, -0.2) is 4.98 Å². The van der Waals surface area contributed by atoms with Gasteiger partial charge in [-0.3, -0.25) is 4.79 Å². The van der Waals surface area contributed by atoms with Gasteiger partial charge in [-0.05, 0) is 19.3 Å². The Labute approximate surface area is 119 Å². The Bertz CT molecular complexity index is 393. The summed E-state index contributed by atoms with van der Waals surface area (Å²) in [6.07, 6.45) is 0.886. The number of carbonyl (C=O) groups is 1. The number of hydrogen-bond acceptors (Lipinski definition) is 4. The summed E-state index contributed by atoms with van der Waals surface area (Å²) in [4.78, 5) is 16.2. The van der Waals surface area contributed by atoms with Crippen LogP contribution in [0.4, 0.5) is 5.00 Å². The number of nitrogens with two attached hydrogens (primary N) is 1. The standard InChI is InChI=1S/C12H21N3OS.ClH/c1-7(2)5-10-12(17-9(4)14-10)15-11(16)8(3)6-13;/h7-8H,5-6,13H2,1-4H3,(H,15,16);1H. The first-order valence-corrected chi connectivity index (χ1v) is 6.73. The topological polar surface area (TPSA) is 68.0 Å². The number of nitrogens with one attached hydrogen (secondary N) is 1. The lowest BCUT2D eigenvalue weighted by atomic mass is 10.1. The highest BCUT2D eigenvalue weighted by atomic mass is 35.5. The maximum absolute atomic E-state index is 11.8. The van der Waals surface area contributed by atoms with Crippen LogP contribution in [0, 0.1) is 18.8 Å². The van der Waals surface area contributed by atoms with Crippen LogP contribution in [0.25, 0.3) is 0 Å². The molecule has 1 rings (SSSR count). The minimum atomic E-state index is -0.163. The number of carbonyl (C=O) groups excluding carboxylic acids is 1. The third kappa shape index (κ3) is 4.92. The molecule has 1 atom stereocenters. The summed E-state index contributed by atoms with van der Waals surface area (Å²) >= 11 is 1.53. The predicted molar refractivity (Wildman–Crippen MR) is 79.5 cm³/mol. The van der Waals surface area contributed by atoms with Crippen LogP contribution in [-0.2, 0) is 11.2 Å². The highest BCUT2D eigenvalue weighted by molar-refractivity contribution is 7.16. The van der Waals surface area contributed by atoms with Crippen LogP contribution in [0.15, 0.2) is 0 Å². The van der Waals surface area contributed by atoms with Crippen molar-refractivity contribution in [1.82, 2.24) is 4.98 Å². The summed E-state index contributed by atoms with van der Waals surface area (Å²) < 4.78 is 0. The Hall–Kier alpha value is -0.650. The highest BCUT2D eigenvalue weighted by Crippen LogP contribution is 2.26. The van der Waals surface area contributed by atoms with E-state index < -0.39 is 0 Å². The van der Waals surface area contributed by atoms with Crippen molar-refractivity contribution in [2.45, 2.75) is 34.1 Å². The molecule has 0 spiro atoms. The van der Waals surface area contributed by atoms with Gasteiger partial charge in [0.15, 0.2) is 0 Å². The molecule has 0 saturated carbocycles. The summed E-state index contributed by atoms with van der Waals surface area (Å²) in [6, 6.07) is 0. The molecule has 3 N–H and O–H groups in total. The van der Waals surface area contributed by atoms with E-state index in [9.17, 15) is 4.79 Å². The minimum absolute atomic E-state index is 0. The molecule has 0 fully saturated rings. The van der Waals surface area contributed by atoms with Crippen LogP contribution in [0.1, 0.15) is 31.5 Å². The summed E-state index contributed by atoms with van der Waals surface area (Å²) in [5, 5.41) is 4.78. The smallest absolute Gasteiger partial charge is 0.229 e. The molecule has 0 aliphatic heterocycles. The molecule has 0 bridgehead atoms. The number of anilines is 1. The number of halogens is 1. The molecule has 1 heterocycles. The van der Waals surface area contributed by atoms with Gasteiger partial charge in [0.1, 0.15) is 5.00 Å². The van der Waals surface area contributed by atoms with Crippen molar-refractivity contribution < 1.29 is 4.79 Å². The molecule has 6 heteroatoms. The SMILES string of the molecule is Cc1nc(CC(C)C)c(NC(=O)C(C)CN)s1.Cl. The lowest BCUT2D eigenvalue weighted by Gasteiger charge is -2.10. The van der Waals surface area contributed by atoms with Gasteiger partial charge in [0.2, 0.25) is 5.91 Å². The fourth-order valence-electron chi connectivity index (χ4n) is 1.44. The fraction of sp³-hybridized carbons (Fsp3) is 0.667. The number of rotatable bonds is 5. The third-order valence-electron chi connectivity index (χ3n) is 2.44. The first-order valence-electron chi connectivity index (χ1n) is 5.91. The zero-order valence-electron chi connectivity index (χ0n) is 11.3. The van der Waals surface area contributed by atoms with Crippen molar-refractivity contribution in [2.24, 2.45) is 17.6 Å².